The summed E-state index contributed by atoms with van der Waals surface area (Å²) in [5, 5.41) is 3.36. The van der Waals surface area contributed by atoms with E-state index in [1.807, 2.05) is 19.2 Å². The number of benzene rings is 1. The molecule has 1 heterocycles. The maximum Gasteiger partial charge on any atom is 0.123 e. The van der Waals surface area contributed by atoms with Gasteiger partial charge in [0.15, 0.2) is 0 Å². The molecular formula is C17H27FN2. The van der Waals surface area contributed by atoms with Gasteiger partial charge in [0.2, 0.25) is 0 Å². The van der Waals surface area contributed by atoms with Crippen LogP contribution in [0, 0.1) is 11.7 Å². The molecule has 1 saturated heterocycles. The Kier molecular flexibility index (Phi) is 5.55. The van der Waals surface area contributed by atoms with Gasteiger partial charge in [0.05, 0.1) is 0 Å². The summed E-state index contributed by atoms with van der Waals surface area (Å²) in [5.41, 5.74) is 1.18. The van der Waals surface area contributed by atoms with Gasteiger partial charge in [-0.3, -0.25) is 0 Å². The Balaban J connectivity index is 1.92. The largest absolute Gasteiger partial charge is 0.313 e. The van der Waals surface area contributed by atoms with Crippen LogP contribution in [0.4, 0.5) is 4.39 Å². The van der Waals surface area contributed by atoms with E-state index in [2.05, 4.69) is 24.1 Å². The number of nitrogens with one attached hydrogen (secondary N) is 1. The first kappa shape index (κ1) is 15.5. The zero-order chi connectivity index (χ0) is 14.5. The molecule has 2 atom stereocenters. The van der Waals surface area contributed by atoms with Crippen molar-refractivity contribution in [2.75, 3.05) is 20.1 Å². The fourth-order valence-corrected chi connectivity index (χ4v) is 3.35. The van der Waals surface area contributed by atoms with Crippen molar-refractivity contribution in [3.05, 3.63) is 35.6 Å². The van der Waals surface area contributed by atoms with Crippen LogP contribution < -0.4 is 5.32 Å². The van der Waals surface area contributed by atoms with Gasteiger partial charge in [0.1, 0.15) is 5.82 Å². The van der Waals surface area contributed by atoms with Gasteiger partial charge in [-0.15, -0.1) is 0 Å². The molecule has 112 valence electrons. The molecule has 0 aliphatic carbocycles. The quantitative estimate of drug-likeness (QED) is 0.855. The van der Waals surface area contributed by atoms with E-state index in [-0.39, 0.29) is 5.82 Å². The first-order valence-electron chi connectivity index (χ1n) is 7.78. The van der Waals surface area contributed by atoms with E-state index >= 15 is 0 Å². The first-order valence-corrected chi connectivity index (χ1v) is 7.78. The van der Waals surface area contributed by atoms with Crippen molar-refractivity contribution in [3.63, 3.8) is 0 Å². The maximum absolute atomic E-state index is 13.0. The lowest BCUT2D eigenvalue weighted by Gasteiger charge is -2.29. The van der Waals surface area contributed by atoms with Gasteiger partial charge in [-0.05, 0) is 56.5 Å². The molecule has 0 radical (unpaired) electrons. The van der Waals surface area contributed by atoms with Gasteiger partial charge in [-0.2, -0.15) is 0 Å². The average molecular weight is 278 g/mol. The Morgan fingerprint density at radius 3 is 2.60 bits per heavy atom. The smallest absolute Gasteiger partial charge is 0.123 e. The third kappa shape index (κ3) is 3.80. The summed E-state index contributed by atoms with van der Waals surface area (Å²) in [6.07, 6.45) is 3.73. The van der Waals surface area contributed by atoms with Gasteiger partial charge in [0.25, 0.3) is 0 Å². The van der Waals surface area contributed by atoms with Crippen LogP contribution >= 0.6 is 0 Å². The molecule has 0 amide bonds. The van der Waals surface area contributed by atoms with E-state index < -0.39 is 0 Å². The lowest BCUT2D eigenvalue weighted by Crippen LogP contribution is -2.35. The van der Waals surface area contributed by atoms with Crippen molar-refractivity contribution in [3.8, 4) is 0 Å². The second kappa shape index (κ2) is 7.19. The van der Waals surface area contributed by atoms with Crippen molar-refractivity contribution >= 4 is 0 Å². The SMILES string of the molecule is CNC(CCN1CCCC1C(C)C)c1ccc(F)cc1. The number of likely N-dealkylation sites (tertiary alicyclic amines) is 1. The van der Waals surface area contributed by atoms with E-state index in [1.165, 1.54) is 24.9 Å². The van der Waals surface area contributed by atoms with Crippen molar-refractivity contribution in [1.82, 2.24) is 10.2 Å². The molecule has 20 heavy (non-hydrogen) atoms. The van der Waals surface area contributed by atoms with Crippen LogP contribution in [-0.4, -0.2) is 31.1 Å². The first-order chi connectivity index (χ1) is 9.61. The minimum Gasteiger partial charge on any atom is -0.313 e. The van der Waals surface area contributed by atoms with Crippen molar-refractivity contribution in [2.45, 2.75) is 45.2 Å². The van der Waals surface area contributed by atoms with Crippen LogP contribution in [-0.2, 0) is 0 Å². The third-order valence-corrected chi connectivity index (χ3v) is 4.51. The normalized spacial score (nSPS) is 21.6. The monoisotopic (exact) mass is 278 g/mol. The minimum atomic E-state index is -0.164. The molecular weight excluding hydrogens is 251 g/mol. The Labute approximate surface area is 122 Å². The van der Waals surface area contributed by atoms with E-state index in [0.29, 0.717) is 6.04 Å². The minimum absolute atomic E-state index is 0.164. The Hall–Kier alpha value is -0.930. The lowest BCUT2D eigenvalue weighted by molar-refractivity contribution is 0.197. The second-order valence-electron chi connectivity index (χ2n) is 6.17. The number of hydrogen-bond acceptors (Lipinski definition) is 2. The van der Waals surface area contributed by atoms with Gasteiger partial charge in [-0.25, -0.2) is 4.39 Å². The fourth-order valence-electron chi connectivity index (χ4n) is 3.35. The van der Waals surface area contributed by atoms with Crippen molar-refractivity contribution in [2.24, 2.45) is 5.92 Å². The molecule has 0 bridgehead atoms. The Bertz CT molecular complexity index is 402. The second-order valence-corrected chi connectivity index (χ2v) is 6.17. The number of hydrogen-bond donors (Lipinski definition) is 1. The van der Waals surface area contributed by atoms with Crippen LogP contribution in [0.15, 0.2) is 24.3 Å². The third-order valence-electron chi connectivity index (χ3n) is 4.51. The van der Waals surface area contributed by atoms with Gasteiger partial charge >= 0.3 is 0 Å². The summed E-state index contributed by atoms with van der Waals surface area (Å²) in [6.45, 7) is 6.98. The van der Waals surface area contributed by atoms with E-state index in [9.17, 15) is 4.39 Å². The predicted octanol–water partition coefficient (Wildman–Crippen LogP) is 3.60. The molecule has 1 aliphatic rings. The van der Waals surface area contributed by atoms with Gasteiger partial charge < -0.3 is 10.2 Å². The molecule has 0 saturated carbocycles. The molecule has 1 N–H and O–H groups in total. The van der Waals surface area contributed by atoms with Crippen molar-refractivity contribution in [1.29, 1.82) is 0 Å². The Morgan fingerprint density at radius 2 is 2.00 bits per heavy atom. The van der Waals surface area contributed by atoms with Gasteiger partial charge in [0, 0.05) is 18.6 Å². The maximum atomic E-state index is 13.0. The van der Waals surface area contributed by atoms with Crippen LogP contribution in [0.5, 0.6) is 0 Å². The molecule has 3 heteroatoms. The predicted molar refractivity (Wildman–Crippen MR) is 82.3 cm³/mol. The topological polar surface area (TPSA) is 15.3 Å². The zero-order valence-corrected chi connectivity index (χ0v) is 12.9. The number of nitrogens with zero attached hydrogens (tertiary/aromatic N) is 1. The van der Waals surface area contributed by atoms with Crippen molar-refractivity contribution < 1.29 is 4.39 Å². The molecule has 2 rings (SSSR count). The summed E-state index contributed by atoms with van der Waals surface area (Å²) in [7, 11) is 1.98. The van der Waals surface area contributed by atoms with Crippen LogP contribution in [0.3, 0.4) is 0 Å². The van der Waals surface area contributed by atoms with Crippen LogP contribution in [0.25, 0.3) is 0 Å². The van der Waals surface area contributed by atoms with E-state index in [4.69, 9.17) is 0 Å². The van der Waals surface area contributed by atoms with Crippen LogP contribution in [0.1, 0.15) is 44.7 Å². The fraction of sp³-hybridized carbons (Fsp3) is 0.647. The highest BCUT2D eigenvalue weighted by atomic mass is 19.1. The van der Waals surface area contributed by atoms with Gasteiger partial charge in [-0.1, -0.05) is 26.0 Å². The summed E-state index contributed by atoms with van der Waals surface area (Å²) in [5.74, 6) is 0.569. The van der Waals surface area contributed by atoms with E-state index in [0.717, 1.165) is 24.9 Å². The number of rotatable bonds is 6. The molecule has 2 unspecified atom stereocenters. The molecule has 1 fully saturated rings. The molecule has 1 aromatic carbocycles. The Morgan fingerprint density at radius 1 is 1.30 bits per heavy atom. The number of halogens is 1. The molecule has 1 aliphatic heterocycles. The lowest BCUT2D eigenvalue weighted by atomic mass is 10.0. The van der Waals surface area contributed by atoms with E-state index in [1.54, 1.807) is 12.1 Å². The average Bonchev–Trinajstić information content (AvgIpc) is 2.90. The zero-order valence-electron chi connectivity index (χ0n) is 12.9. The van der Waals surface area contributed by atoms with Crippen LogP contribution in [0.2, 0.25) is 0 Å². The summed E-state index contributed by atoms with van der Waals surface area (Å²) in [6, 6.07) is 7.92. The molecule has 0 aromatic heterocycles. The summed E-state index contributed by atoms with van der Waals surface area (Å²) >= 11 is 0. The standard InChI is InChI=1S/C17H27FN2/c1-13(2)17-5-4-11-20(17)12-10-16(19-3)14-6-8-15(18)9-7-14/h6-9,13,16-17,19H,4-5,10-12H2,1-3H3. The molecule has 2 nitrogen and oxygen atoms in total. The summed E-state index contributed by atoms with van der Waals surface area (Å²) in [4.78, 5) is 2.62. The molecule has 1 aromatic rings. The summed E-state index contributed by atoms with van der Waals surface area (Å²) < 4.78 is 13.0. The highest BCUT2D eigenvalue weighted by Gasteiger charge is 2.27. The molecule has 0 spiro atoms. The highest BCUT2D eigenvalue weighted by Crippen LogP contribution is 2.25. The highest BCUT2D eigenvalue weighted by molar-refractivity contribution is 5.19.